The summed E-state index contributed by atoms with van der Waals surface area (Å²) in [5.74, 6) is 1.16. The Bertz CT molecular complexity index is 1550. The monoisotopic (exact) mass is 552 g/mol. The average molecular weight is 553 g/mol. The van der Waals surface area contributed by atoms with Crippen molar-refractivity contribution < 1.29 is 28.1 Å². The van der Waals surface area contributed by atoms with E-state index < -0.39 is 11.7 Å². The molecule has 4 aromatic rings. The molecule has 0 fully saturated rings. The van der Waals surface area contributed by atoms with Crippen LogP contribution in [-0.4, -0.2) is 19.6 Å². The molecule has 1 N–H and O–H groups in total. The third kappa shape index (κ3) is 8.10. The van der Waals surface area contributed by atoms with Crippen molar-refractivity contribution in [3.63, 3.8) is 0 Å². The van der Waals surface area contributed by atoms with E-state index in [1.165, 1.54) is 30.3 Å². The van der Waals surface area contributed by atoms with E-state index in [2.05, 4.69) is 5.32 Å². The number of nitrogens with one attached hydrogen (secondary N) is 1. The quantitative estimate of drug-likeness (QED) is 0.151. The van der Waals surface area contributed by atoms with Crippen molar-refractivity contribution >= 4 is 17.7 Å². The predicted octanol–water partition coefficient (Wildman–Crippen LogP) is 6.94. The molecule has 0 heterocycles. The zero-order valence-corrected chi connectivity index (χ0v) is 22.7. The van der Waals surface area contributed by atoms with Gasteiger partial charge in [0, 0.05) is 5.69 Å². The summed E-state index contributed by atoms with van der Waals surface area (Å²) in [5, 5.41) is 12.1. The summed E-state index contributed by atoms with van der Waals surface area (Å²) in [6.45, 7) is 2.91. The van der Waals surface area contributed by atoms with E-state index in [4.69, 9.17) is 18.9 Å². The summed E-state index contributed by atoms with van der Waals surface area (Å²) in [6, 6.07) is 27.8. The molecule has 0 aliphatic carbocycles. The van der Waals surface area contributed by atoms with Crippen LogP contribution in [0, 0.1) is 17.1 Å². The summed E-state index contributed by atoms with van der Waals surface area (Å²) in [5.41, 5.74) is 2.76. The maximum Gasteiger partial charge on any atom is 0.266 e. The number of amides is 1. The van der Waals surface area contributed by atoms with E-state index >= 15 is 0 Å². The van der Waals surface area contributed by atoms with Crippen LogP contribution in [0.4, 0.5) is 10.1 Å². The number of halogens is 1. The number of hydrogen-bond acceptors (Lipinski definition) is 6. The fraction of sp³-hybridized carbons (Fsp3) is 0.152. The topological polar surface area (TPSA) is 89.8 Å². The van der Waals surface area contributed by atoms with E-state index in [0.717, 1.165) is 11.1 Å². The maximum absolute atomic E-state index is 13.1. The smallest absolute Gasteiger partial charge is 0.266 e. The van der Waals surface area contributed by atoms with Crippen LogP contribution in [0.15, 0.2) is 96.6 Å². The number of methoxy groups -OCH3 is 1. The standard InChI is InChI=1S/C33H29FN2O5/c1-3-39-32-18-24(17-26(20-35)33(37)36-28-13-11-27(34)12-14-28)9-15-30(32)41-22-25-10-16-29(31(19-25)38-2)40-21-23-7-5-4-6-8-23/h4-19H,3,21-22H2,1-2H3,(H,36,37)/b26-17+. The van der Waals surface area contributed by atoms with Gasteiger partial charge in [-0.25, -0.2) is 4.39 Å². The van der Waals surface area contributed by atoms with Crippen molar-refractivity contribution in [2.45, 2.75) is 20.1 Å². The Morgan fingerprint density at radius 3 is 2.20 bits per heavy atom. The summed E-state index contributed by atoms with van der Waals surface area (Å²) >= 11 is 0. The lowest BCUT2D eigenvalue weighted by atomic mass is 10.1. The summed E-state index contributed by atoms with van der Waals surface area (Å²) in [7, 11) is 1.59. The molecule has 0 unspecified atom stereocenters. The molecule has 0 aromatic heterocycles. The highest BCUT2D eigenvalue weighted by Crippen LogP contribution is 2.32. The van der Waals surface area contributed by atoms with Gasteiger partial charge in [-0.3, -0.25) is 4.79 Å². The average Bonchev–Trinajstić information content (AvgIpc) is 3.00. The molecule has 1 amide bonds. The number of nitrogens with zero attached hydrogens (tertiary/aromatic N) is 1. The van der Waals surface area contributed by atoms with Crippen molar-refractivity contribution in [3.05, 3.63) is 119 Å². The Hall–Kier alpha value is -5.29. The number of nitriles is 1. The molecule has 41 heavy (non-hydrogen) atoms. The van der Waals surface area contributed by atoms with Gasteiger partial charge in [0.1, 0.15) is 30.7 Å². The molecule has 0 saturated carbocycles. The van der Waals surface area contributed by atoms with Crippen LogP contribution in [0.3, 0.4) is 0 Å². The molecular formula is C33H29FN2O5. The van der Waals surface area contributed by atoms with Crippen LogP contribution in [0.2, 0.25) is 0 Å². The molecule has 0 radical (unpaired) electrons. The van der Waals surface area contributed by atoms with Gasteiger partial charge in [-0.15, -0.1) is 0 Å². The predicted molar refractivity (Wildman–Crippen MR) is 154 cm³/mol. The van der Waals surface area contributed by atoms with Gasteiger partial charge in [0.25, 0.3) is 5.91 Å². The summed E-state index contributed by atoms with van der Waals surface area (Å²) < 4.78 is 36.4. The van der Waals surface area contributed by atoms with Gasteiger partial charge in [-0.1, -0.05) is 42.5 Å². The minimum atomic E-state index is -0.609. The van der Waals surface area contributed by atoms with Crippen LogP contribution in [-0.2, 0) is 18.0 Å². The Balaban J connectivity index is 1.44. The van der Waals surface area contributed by atoms with Gasteiger partial charge in [0.2, 0.25) is 0 Å². The molecule has 4 aromatic carbocycles. The van der Waals surface area contributed by atoms with E-state index in [9.17, 15) is 14.4 Å². The largest absolute Gasteiger partial charge is 0.493 e. The molecular weight excluding hydrogens is 523 g/mol. The first-order valence-electron chi connectivity index (χ1n) is 12.9. The van der Waals surface area contributed by atoms with Gasteiger partial charge in [0.05, 0.1) is 13.7 Å². The minimum Gasteiger partial charge on any atom is -0.493 e. The number of carbonyl (C=O) groups excluding carboxylic acids is 1. The van der Waals surface area contributed by atoms with Crippen LogP contribution in [0.5, 0.6) is 23.0 Å². The van der Waals surface area contributed by atoms with Gasteiger partial charge < -0.3 is 24.3 Å². The Morgan fingerprint density at radius 2 is 1.51 bits per heavy atom. The van der Waals surface area contributed by atoms with E-state index in [-0.39, 0.29) is 12.2 Å². The molecule has 0 aliphatic heterocycles. The Kier molecular flexibility index (Phi) is 9.94. The zero-order valence-electron chi connectivity index (χ0n) is 22.7. The zero-order chi connectivity index (χ0) is 29.0. The second kappa shape index (κ2) is 14.2. The van der Waals surface area contributed by atoms with Crippen molar-refractivity contribution in [2.75, 3.05) is 19.0 Å². The maximum atomic E-state index is 13.1. The van der Waals surface area contributed by atoms with Gasteiger partial charge >= 0.3 is 0 Å². The molecule has 0 saturated heterocycles. The second-order valence-electron chi connectivity index (χ2n) is 8.82. The molecule has 0 aliphatic rings. The number of hydrogen-bond donors (Lipinski definition) is 1. The third-order valence-electron chi connectivity index (χ3n) is 5.91. The highest BCUT2D eigenvalue weighted by Gasteiger charge is 2.13. The third-order valence-corrected chi connectivity index (χ3v) is 5.91. The molecule has 8 heteroatoms. The first-order chi connectivity index (χ1) is 20.0. The van der Waals surface area contributed by atoms with Gasteiger partial charge in [-0.05, 0) is 78.2 Å². The molecule has 208 valence electrons. The molecule has 0 atom stereocenters. The van der Waals surface area contributed by atoms with Crippen molar-refractivity contribution in [1.82, 2.24) is 0 Å². The first-order valence-corrected chi connectivity index (χ1v) is 12.9. The number of anilines is 1. The molecule has 0 spiro atoms. The van der Waals surface area contributed by atoms with Crippen molar-refractivity contribution in [3.8, 4) is 29.1 Å². The van der Waals surface area contributed by atoms with E-state index in [1.807, 2.05) is 61.5 Å². The van der Waals surface area contributed by atoms with Crippen LogP contribution in [0.25, 0.3) is 6.08 Å². The second-order valence-corrected chi connectivity index (χ2v) is 8.82. The van der Waals surface area contributed by atoms with E-state index in [1.54, 1.807) is 25.3 Å². The lowest BCUT2D eigenvalue weighted by Gasteiger charge is -2.15. The molecule has 0 bridgehead atoms. The fourth-order valence-electron chi connectivity index (χ4n) is 3.87. The minimum absolute atomic E-state index is 0.118. The van der Waals surface area contributed by atoms with E-state index in [0.29, 0.717) is 47.5 Å². The highest BCUT2D eigenvalue weighted by molar-refractivity contribution is 6.09. The van der Waals surface area contributed by atoms with Gasteiger partial charge in [-0.2, -0.15) is 5.26 Å². The fourth-order valence-corrected chi connectivity index (χ4v) is 3.87. The highest BCUT2D eigenvalue weighted by atomic mass is 19.1. The summed E-state index contributed by atoms with van der Waals surface area (Å²) in [4.78, 5) is 12.6. The van der Waals surface area contributed by atoms with Crippen LogP contribution >= 0.6 is 0 Å². The summed E-state index contributed by atoms with van der Waals surface area (Å²) in [6.07, 6.45) is 1.45. The lowest BCUT2D eigenvalue weighted by molar-refractivity contribution is -0.112. The Labute approximate surface area is 238 Å². The Morgan fingerprint density at radius 1 is 0.829 bits per heavy atom. The number of ether oxygens (including phenoxy) is 4. The molecule has 7 nitrogen and oxygen atoms in total. The lowest BCUT2D eigenvalue weighted by Crippen LogP contribution is -2.13. The normalized spacial score (nSPS) is 10.8. The first kappa shape index (κ1) is 28.7. The number of carbonyl (C=O) groups is 1. The van der Waals surface area contributed by atoms with Crippen molar-refractivity contribution in [2.24, 2.45) is 0 Å². The van der Waals surface area contributed by atoms with Crippen molar-refractivity contribution in [1.29, 1.82) is 5.26 Å². The SMILES string of the molecule is CCOc1cc(/C=C(\C#N)C(=O)Nc2ccc(F)cc2)ccc1OCc1ccc(OCc2ccccc2)c(OC)c1. The number of benzene rings is 4. The van der Waals surface area contributed by atoms with Crippen LogP contribution in [0.1, 0.15) is 23.6 Å². The number of rotatable bonds is 12. The molecule has 4 rings (SSSR count). The van der Waals surface area contributed by atoms with Gasteiger partial charge in [0.15, 0.2) is 23.0 Å². The van der Waals surface area contributed by atoms with Crippen LogP contribution < -0.4 is 24.3 Å².